The Hall–Kier alpha value is -0.730. The van der Waals surface area contributed by atoms with E-state index >= 15 is 0 Å². The van der Waals surface area contributed by atoms with Crippen molar-refractivity contribution >= 4 is 11.6 Å². The summed E-state index contributed by atoms with van der Waals surface area (Å²) in [6.45, 7) is 2.01. The lowest BCUT2D eigenvalue weighted by atomic mass is 9.80. The van der Waals surface area contributed by atoms with E-state index in [1.54, 1.807) is 7.11 Å². The minimum Gasteiger partial charge on any atom is -0.497 e. The predicted molar refractivity (Wildman–Crippen MR) is 80.9 cm³/mol. The van der Waals surface area contributed by atoms with Gasteiger partial charge in [0.05, 0.1) is 7.11 Å². The van der Waals surface area contributed by atoms with E-state index in [4.69, 9.17) is 16.3 Å². The molecule has 1 N–H and O–H groups in total. The summed E-state index contributed by atoms with van der Waals surface area (Å²) in [4.78, 5) is 0. The largest absolute Gasteiger partial charge is 0.497 e. The summed E-state index contributed by atoms with van der Waals surface area (Å²) in [5, 5.41) is 3.57. The first-order valence-electron chi connectivity index (χ1n) is 7.23. The van der Waals surface area contributed by atoms with E-state index in [2.05, 4.69) is 17.4 Å². The number of hydrogen-bond acceptors (Lipinski definition) is 2. The van der Waals surface area contributed by atoms with Crippen LogP contribution < -0.4 is 10.1 Å². The molecular formula is C16H24ClNO. The molecule has 0 spiro atoms. The monoisotopic (exact) mass is 281 g/mol. The van der Waals surface area contributed by atoms with Crippen molar-refractivity contribution in [1.82, 2.24) is 5.32 Å². The molecule has 0 saturated heterocycles. The van der Waals surface area contributed by atoms with Crippen molar-refractivity contribution in [2.24, 2.45) is 11.8 Å². The highest BCUT2D eigenvalue weighted by Gasteiger charge is 2.23. The minimum atomic E-state index is 0.707. The van der Waals surface area contributed by atoms with E-state index in [0.29, 0.717) is 5.92 Å². The molecule has 1 aromatic rings. The van der Waals surface area contributed by atoms with E-state index in [1.165, 1.54) is 31.2 Å². The van der Waals surface area contributed by atoms with Crippen LogP contribution in [0.1, 0.15) is 31.2 Å². The first-order valence-corrected chi connectivity index (χ1v) is 7.76. The SMILES string of the molecule is COc1ccc(CNCC2CCCCC2CCl)cc1. The van der Waals surface area contributed by atoms with Crippen LogP contribution in [0.5, 0.6) is 5.75 Å². The van der Waals surface area contributed by atoms with Gasteiger partial charge in [-0.05, 0) is 48.9 Å². The number of nitrogens with one attached hydrogen (secondary N) is 1. The quantitative estimate of drug-likeness (QED) is 0.800. The molecule has 106 valence electrons. The van der Waals surface area contributed by atoms with Crippen molar-refractivity contribution in [3.05, 3.63) is 29.8 Å². The zero-order valence-corrected chi connectivity index (χ0v) is 12.5. The van der Waals surface area contributed by atoms with Gasteiger partial charge in [0.1, 0.15) is 5.75 Å². The van der Waals surface area contributed by atoms with Crippen molar-refractivity contribution in [3.63, 3.8) is 0 Å². The van der Waals surface area contributed by atoms with Gasteiger partial charge in [0.25, 0.3) is 0 Å². The van der Waals surface area contributed by atoms with Crippen LogP contribution in [0.2, 0.25) is 0 Å². The Morgan fingerprint density at radius 2 is 1.84 bits per heavy atom. The van der Waals surface area contributed by atoms with Crippen LogP contribution in [0, 0.1) is 11.8 Å². The maximum atomic E-state index is 6.06. The number of alkyl halides is 1. The van der Waals surface area contributed by atoms with Crippen LogP contribution in [0.25, 0.3) is 0 Å². The van der Waals surface area contributed by atoms with Crippen LogP contribution in [0.15, 0.2) is 24.3 Å². The van der Waals surface area contributed by atoms with Gasteiger partial charge >= 0.3 is 0 Å². The molecule has 0 bridgehead atoms. The minimum absolute atomic E-state index is 0.707. The Morgan fingerprint density at radius 1 is 1.16 bits per heavy atom. The van der Waals surface area contributed by atoms with Crippen molar-refractivity contribution < 1.29 is 4.74 Å². The molecule has 1 saturated carbocycles. The lowest BCUT2D eigenvalue weighted by Crippen LogP contribution is -2.31. The fourth-order valence-electron chi connectivity index (χ4n) is 2.90. The van der Waals surface area contributed by atoms with E-state index in [9.17, 15) is 0 Å². The Labute approximate surface area is 121 Å². The van der Waals surface area contributed by atoms with Gasteiger partial charge < -0.3 is 10.1 Å². The van der Waals surface area contributed by atoms with Crippen LogP contribution in [0.4, 0.5) is 0 Å². The number of halogens is 1. The molecule has 1 aromatic carbocycles. The number of methoxy groups -OCH3 is 1. The number of benzene rings is 1. The van der Waals surface area contributed by atoms with Crippen molar-refractivity contribution in [2.45, 2.75) is 32.2 Å². The average molecular weight is 282 g/mol. The first kappa shape index (κ1) is 14.7. The second-order valence-electron chi connectivity index (χ2n) is 5.44. The summed E-state index contributed by atoms with van der Waals surface area (Å²) in [5.74, 6) is 3.19. The molecule has 1 aliphatic carbocycles. The maximum Gasteiger partial charge on any atom is 0.118 e. The van der Waals surface area contributed by atoms with E-state index < -0.39 is 0 Å². The van der Waals surface area contributed by atoms with Gasteiger partial charge in [-0.3, -0.25) is 0 Å². The summed E-state index contributed by atoms with van der Waals surface area (Å²) in [6.07, 6.45) is 5.35. The molecule has 2 atom stereocenters. The van der Waals surface area contributed by atoms with Gasteiger partial charge in [0.2, 0.25) is 0 Å². The molecule has 0 amide bonds. The fraction of sp³-hybridized carbons (Fsp3) is 0.625. The first-order chi connectivity index (χ1) is 9.33. The second kappa shape index (κ2) is 7.76. The van der Waals surface area contributed by atoms with E-state index in [-0.39, 0.29) is 0 Å². The molecular weight excluding hydrogens is 258 g/mol. The van der Waals surface area contributed by atoms with Crippen LogP contribution in [-0.2, 0) is 6.54 Å². The molecule has 0 aromatic heterocycles. The lowest BCUT2D eigenvalue weighted by molar-refractivity contribution is 0.250. The third kappa shape index (κ3) is 4.39. The summed E-state index contributed by atoms with van der Waals surface area (Å²) in [5.41, 5.74) is 1.30. The standard InChI is InChI=1S/C16H24ClNO/c1-19-16-8-6-13(7-9-16)11-18-12-15-5-3-2-4-14(15)10-17/h6-9,14-15,18H,2-5,10-12H2,1H3. The Bertz CT molecular complexity index is 366. The highest BCUT2D eigenvalue weighted by molar-refractivity contribution is 6.18. The van der Waals surface area contributed by atoms with Gasteiger partial charge in [0, 0.05) is 12.4 Å². The second-order valence-corrected chi connectivity index (χ2v) is 5.75. The van der Waals surface area contributed by atoms with Crippen LogP contribution in [-0.4, -0.2) is 19.5 Å². The molecule has 0 radical (unpaired) electrons. The van der Waals surface area contributed by atoms with Gasteiger partial charge in [-0.2, -0.15) is 0 Å². The van der Waals surface area contributed by atoms with E-state index in [0.717, 1.165) is 30.6 Å². The molecule has 2 rings (SSSR count). The maximum absolute atomic E-state index is 6.06. The van der Waals surface area contributed by atoms with Gasteiger partial charge in [0.15, 0.2) is 0 Å². The number of hydrogen-bond donors (Lipinski definition) is 1. The van der Waals surface area contributed by atoms with E-state index in [1.807, 2.05) is 12.1 Å². The molecule has 0 heterocycles. The zero-order valence-electron chi connectivity index (χ0n) is 11.7. The van der Waals surface area contributed by atoms with Crippen LogP contribution >= 0.6 is 11.6 Å². The highest BCUT2D eigenvalue weighted by atomic mass is 35.5. The summed E-state index contributed by atoms with van der Waals surface area (Å²) in [7, 11) is 1.70. The summed E-state index contributed by atoms with van der Waals surface area (Å²) in [6, 6.07) is 8.26. The third-order valence-electron chi connectivity index (χ3n) is 4.16. The molecule has 0 aliphatic heterocycles. The van der Waals surface area contributed by atoms with Gasteiger partial charge in [-0.1, -0.05) is 25.0 Å². The zero-order chi connectivity index (χ0) is 13.5. The molecule has 2 unspecified atom stereocenters. The predicted octanol–water partition coefficient (Wildman–Crippen LogP) is 3.83. The molecule has 1 aliphatic rings. The molecule has 2 nitrogen and oxygen atoms in total. The summed E-state index contributed by atoms with van der Waals surface area (Å²) < 4.78 is 5.16. The van der Waals surface area contributed by atoms with Crippen molar-refractivity contribution in [3.8, 4) is 5.75 Å². The Kier molecular flexibility index (Phi) is 5.99. The Balaban J connectivity index is 1.75. The highest BCUT2D eigenvalue weighted by Crippen LogP contribution is 2.30. The van der Waals surface area contributed by atoms with Crippen LogP contribution in [0.3, 0.4) is 0 Å². The average Bonchev–Trinajstić information content (AvgIpc) is 2.48. The van der Waals surface area contributed by atoms with Crippen molar-refractivity contribution in [1.29, 1.82) is 0 Å². The topological polar surface area (TPSA) is 21.3 Å². The summed E-state index contributed by atoms with van der Waals surface area (Å²) >= 11 is 6.06. The van der Waals surface area contributed by atoms with Gasteiger partial charge in [-0.15, -0.1) is 11.6 Å². The Morgan fingerprint density at radius 3 is 2.47 bits per heavy atom. The molecule has 3 heteroatoms. The number of ether oxygens (including phenoxy) is 1. The molecule has 1 fully saturated rings. The fourth-order valence-corrected chi connectivity index (χ4v) is 3.31. The lowest BCUT2D eigenvalue weighted by Gasteiger charge is -2.30. The molecule has 19 heavy (non-hydrogen) atoms. The smallest absolute Gasteiger partial charge is 0.118 e. The normalized spacial score (nSPS) is 23.3. The van der Waals surface area contributed by atoms with Gasteiger partial charge in [-0.25, -0.2) is 0 Å². The van der Waals surface area contributed by atoms with Crippen molar-refractivity contribution in [2.75, 3.05) is 19.5 Å². The number of rotatable bonds is 6. The third-order valence-corrected chi connectivity index (χ3v) is 4.56.